The van der Waals surface area contributed by atoms with E-state index in [2.05, 4.69) is 5.10 Å². The first-order valence-electron chi connectivity index (χ1n) is 5.26. The lowest BCUT2D eigenvalue weighted by Gasteiger charge is -2.29. The van der Waals surface area contributed by atoms with Gasteiger partial charge in [-0.05, 0) is 20.8 Å². The molecule has 0 aliphatic heterocycles. The van der Waals surface area contributed by atoms with Crippen LogP contribution in [0, 0.1) is 6.92 Å². The maximum atomic E-state index is 12.5. The SMILES string of the molecule is Cc1nn(C)c(N(CC(F)(F)F)C(C)C)c1N. The molecule has 0 radical (unpaired) electrons. The van der Waals surface area contributed by atoms with Crippen LogP contribution in [0.4, 0.5) is 24.7 Å². The lowest BCUT2D eigenvalue weighted by Crippen LogP contribution is -2.40. The zero-order chi connectivity index (χ0) is 13.4. The van der Waals surface area contributed by atoms with Gasteiger partial charge in [-0.15, -0.1) is 0 Å². The summed E-state index contributed by atoms with van der Waals surface area (Å²) >= 11 is 0. The smallest absolute Gasteiger partial charge is 0.394 e. The summed E-state index contributed by atoms with van der Waals surface area (Å²) in [6, 6.07) is -0.311. The molecule has 0 atom stereocenters. The van der Waals surface area contributed by atoms with Crippen molar-refractivity contribution in [1.82, 2.24) is 9.78 Å². The molecule has 1 rings (SSSR count). The summed E-state index contributed by atoms with van der Waals surface area (Å²) in [5.41, 5.74) is 6.60. The number of hydrogen-bond donors (Lipinski definition) is 1. The summed E-state index contributed by atoms with van der Waals surface area (Å²) in [7, 11) is 1.59. The first-order chi connectivity index (χ1) is 7.63. The van der Waals surface area contributed by atoms with Gasteiger partial charge in [0.15, 0.2) is 5.82 Å². The van der Waals surface area contributed by atoms with Crippen molar-refractivity contribution in [2.24, 2.45) is 7.05 Å². The van der Waals surface area contributed by atoms with Crippen molar-refractivity contribution < 1.29 is 13.2 Å². The van der Waals surface area contributed by atoms with Gasteiger partial charge in [0.05, 0.1) is 11.4 Å². The number of nitrogens with two attached hydrogens (primary N) is 1. The van der Waals surface area contributed by atoms with E-state index in [0.29, 0.717) is 17.2 Å². The van der Waals surface area contributed by atoms with Gasteiger partial charge in [0.25, 0.3) is 0 Å². The van der Waals surface area contributed by atoms with Crippen molar-refractivity contribution in [2.75, 3.05) is 17.2 Å². The highest BCUT2D eigenvalue weighted by atomic mass is 19.4. The van der Waals surface area contributed by atoms with Crippen LogP contribution in [0.1, 0.15) is 19.5 Å². The summed E-state index contributed by atoms with van der Waals surface area (Å²) in [5.74, 6) is 0.315. The fourth-order valence-electron chi connectivity index (χ4n) is 1.70. The van der Waals surface area contributed by atoms with Gasteiger partial charge in [-0.1, -0.05) is 0 Å². The fraction of sp³-hybridized carbons (Fsp3) is 0.700. The van der Waals surface area contributed by atoms with Crippen molar-refractivity contribution in [3.8, 4) is 0 Å². The lowest BCUT2D eigenvalue weighted by atomic mass is 10.2. The number of halogens is 3. The van der Waals surface area contributed by atoms with Crippen molar-refractivity contribution in [1.29, 1.82) is 0 Å². The average molecular weight is 250 g/mol. The monoisotopic (exact) mass is 250 g/mol. The third kappa shape index (κ3) is 3.04. The van der Waals surface area contributed by atoms with Crippen LogP contribution < -0.4 is 10.6 Å². The second-order valence-corrected chi connectivity index (χ2v) is 4.28. The molecule has 7 heteroatoms. The maximum Gasteiger partial charge on any atom is 0.405 e. The highest BCUT2D eigenvalue weighted by Gasteiger charge is 2.34. The first-order valence-corrected chi connectivity index (χ1v) is 5.26. The molecule has 0 aliphatic rings. The Morgan fingerprint density at radius 1 is 1.41 bits per heavy atom. The lowest BCUT2D eigenvalue weighted by molar-refractivity contribution is -0.120. The Kier molecular flexibility index (Phi) is 3.59. The van der Waals surface area contributed by atoms with Gasteiger partial charge in [0, 0.05) is 13.1 Å². The van der Waals surface area contributed by atoms with Crippen LogP contribution in [0.3, 0.4) is 0 Å². The Balaban J connectivity index is 3.15. The van der Waals surface area contributed by atoms with E-state index in [4.69, 9.17) is 5.73 Å². The molecule has 17 heavy (non-hydrogen) atoms. The Morgan fingerprint density at radius 3 is 2.24 bits per heavy atom. The van der Waals surface area contributed by atoms with E-state index in [0.717, 1.165) is 0 Å². The van der Waals surface area contributed by atoms with Gasteiger partial charge in [-0.3, -0.25) is 4.68 Å². The molecule has 0 aromatic carbocycles. The number of nitrogen functional groups attached to an aromatic ring is 1. The van der Waals surface area contributed by atoms with Gasteiger partial charge in [-0.2, -0.15) is 18.3 Å². The number of anilines is 2. The van der Waals surface area contributed by atoms with Gasteiger partial charge >= 0.3 is 6.18 Å². The zero-order valence-electron chi connectivity index (χ0n) is 10.3. The second-order valence-electron chi connectivity index (χ2n) is 4.28. The molecule has 4 nitrogen and oxygen atoms in total. The summed E-state index contributed by atoms with van der Waals surface area (Å²) in [6.45, 7) is 4.01. The Labute approximate surface area is 98.2 Å². The summed E-state index contributed by atoms with van der Waals surface area (Å²) in [4.78, 5) is 1.20. The first kappa shape index (κ1) is 13.7. The number of alkyl halides is 3. The predicted molar refractivity (Wildman–Crippen MR) is 60.9 cm³/mol. The molecule has 0 aliphatic carbocycles. The van der Waals surface area contributed by atoms with Crippen molar-refractivity contribution in [3.05, 3.63) is 5.69 Å². The molecular formula is C10H17F3N4. The van der Waals surface area contributed by atoms with Crippen LogP contribution in [0.2, 0.25) is 0 Å². The van der Waals surface area contributed by atoms with Crippen molar-refractivity contribution in [3.63, 3.8) is 0 Å². The van der Waals surface area contributed by atoms with Crippen LogP contribution in [-0.4, -0.2) is 28.5 Å². The van der Waals surface area contributed by atoms with Crippen LogP contribution in [0.15, 0.2) is 0 Å². The standard InChI is InChI=1S/C10H17F3N4/c1-6(2)17(5-10(11,12)13)9-8(14)7(3)15-16(9)4/h6H,5,14H2,1-4H3. The normalized spacial score (nSPS) is 12.2. The van der Waals surface area contributed by atoms with Crippen molar-refractivity contribution in [2.45, 2.75) is 33.0 Å². The molecule has 1 aromatic heterocycles. The molecule has 0 saturated carbocycles. The van der Waals surface area contributed by atoms with Gasteiger partial charge < -0.3 is 10.6 Å². The van der Waals surface area contributed by atoms with E-state index >= 15 is 0 Å². The van der Waals surface area contributed by atoms with Crippen LogP contribution >= 0.6 is 0 Å². The number of aromatic nitrogens is 2. The Bertz CT molecular complexity index is 395. The number of aryl methyl sites for hydroxylation is 2. The van der Waals surface area contributed by atoms with E-state index in [1.165, 1.54) is 9.58 Å². The molecule has 0 spiro atoms. The number of rotatable bonds is 3. The van der Waals surface area contributed by atoms with Gasteiger partial charge in [0.1, 0.15) is 6.54 Å². The zero-order valence-corrected chi connectivity index (χ0v) is 10.3. The molecule has 0 bridgehead atoms. The van der Waals surface area contributed by atoms with E-state index < -0.39 is 12.7 Å². The van der Waals surface area contributed by atoms with Crippen LogP contribution in [0.5, 0.6) is 0 Å². The van der Waals surface area contributed by atoms with E-state index in [1.54, 1.807) is 27.8 Å². The quantitative estimate of drug-likeness (QED) is 0.893. The largest absolute Gasteiger partial charge is 0.405 e. The summed E-state index contributed by atoms with van der Waals surface area (Å²) < 4.78 is 38.9. The highest BCUT2D eigenvalue weighted by Crippen LogP contribution is 2.30. The van der Waals surface area contributed by atoms with Crippen LogP contribution in [-0.2, 0) is 7.05 Å². The second kappa shape index (κ2) is 4.46. The summed E-state index contributed by atoms with van der Waals surface area (Å²) in [6.07, 6.45) is -4.27. The minimum Gasteiger partial charge on any atom is -0.394 e. The molecule has 0 fully saturated rings. The van der Waals surface area contributed by atoms with Gasteiger partial charge in [0.2, 0.25) is 0 Å². The van der Waals surface area contributed by atoms with Crippen LogP contribution in [0.25, 0.3) is 0 Å². The highest BCUT2D eigenvalue weighted by molar-refractivity contribution is 5.66. The topological polar surface area (TPSA) is 47.1 Å². The molecular weight excluding hydrogens is 233 g/mol. The molecule has 98 valence electrons. The third-order valence-corrected chi connectivity index (χ3v) is 2.48. The summed E-state index contributed by atoms with van der Waals surface area (Å²) in [5, 5.41) is 4.03. The number of hydrogen-bond acceptors (Lipinski definition) is 3. The third-order valence-electron chi connectivity index (χ3n) is 2.48. The Hall–Kier alpha value is -1.40. The molecule has 2 N–H and O–H groups in total. The fourth-order valence-corrected chi connectivity index (χ4v) is 1.70. The van der Waals surface area contributed by atoms with Crippen molar-refractivity contribution >= 4 is 11.5 Å². The molecule has 1 heterocycles. The van der Waals surface area contributed by atoms with E-state index in [-0.39, 0.29) is 6.04 Å². The minimum absolute atomic E-state index is 0.297. The van der Waals surface area contributed by atoms with E-state index in [9.17, 15) is 13.2 Å². The molecule has 1 aromatic rings. The molecule has 0 amide bonds. The van der Waals surface area contributed by atoms with Gasteiger partial charge in [-0.25, -0.2) is 0 Å². The van der Waals surface area contributed by atoms with E-state index in [1.807, 2.05) is 0 Å². The average Bonchev–Trinajstić information content (AvgIpc) is 2.36. The molecule has 0 unspecified atom stereocenters. The predicted octanol–water partition coefficient (Wildman–Crippen LogP) is 2.09. The molecule has 0 saturated heterocycles. The number of nitrogens with zero attached hydrogens (tertiary/aromatic N) is 3. The Morgan fingerprint density at radius 2 is 1.94 bits per heavy atom. The minimum atomic E-state index is -4.27. The maximum absolute atomic E-state index is 12.5.